The Bertz CT molecular complexity index is 809. The number of amides is 2. The zero-order valence-electron chi connectivity index (χ0n) is 16.0. The molecule has 0 spiro atoms. The first-order chi connectivity index (χ1) is 13.5. The molecule has 2 aromatic carbocycles. The Balaban J connectivity index is 1.70. The Kier molecular flexibility index (Phi) is 6.66. The van der Waals surface area contributed by atoms with Gasteiger partial charge >= 0.3 is 6.09 Å². The smallest absolute Gasteiger partial charge is 0.407 e. The third-order valence-corrected chi connectivity index (χ3v) is 5.04. The molecular weight excluding hydrogens is 356 g/mol. The molecule has 2 N–H and O–H groups in total. The van der Waals surface area contributed by atoms with E-state index in [1.807, 2.05) is 48.5 Å². The number of carboxylic acid groups (broad SMARTS) is 1. The number of ether oxygens (including phenoxy) is 1. The summed E-state index contributed by atoms with van der Waals surface area (Å²) in [5, 5.41) is 12.3. The Hall–Kier alpha value is -2.86. The van der Waals surface area contributed by atoms with Crippen LogP contribution in [0.3, 0.4) is 0 Å². The number of carbonyl (C=O) groups is 2. The minimum atomic E-state index is -1.09. The summed E-state index contributed by atoms with van der Waals surface area (Å²) in [4.78, 5) is 25.2. The number of nitrogens with one attached hydrogen (secondary N) is 1. The zero-order valence-corrected chi connectivity index (χ0v) is 16.0. The molecular formula is C22H26N2O4. The molecule has 28 heavy (non-hydrogen) atoms. The van der Waals surface area contributed by atoms with Crippen molar-refractivity contribution in [3.63, 3.8) is 0 Å². The fourth-order valence-corrected chi connectivity index (χ4v) is 3.48. The molecule has 1 aliphatic carbocycles. The number of aryl methyl sites for hydroxylation is 1. The highest BCUT2D eigenvalue weighted by Gasteiger charge is 2.28. The first kappa shape index (κ1) is 19.9. The van der Waals surface area contributed by atoms with Gasteiger partial charge in [0.25, 0.3) is 5.91 Å². The predicted octanol–water partition coefficient (Wildman–Crippen LogP) is 3.38. The molecule has 0 saturated heterocycles. The van der Waals surface area contributed by atoms with E-state index < -0.39 is 12.2 Å². The van der Waals surface area contributed by atoms with Gasteiger partial charge in [0, 0.05) is 7.05 Å². The van der Waals surface area contributed by atoms with Crippen molar-refractivity contribution in [3.8, 4) is 0 Å². The van der Waals surface area contributed by atoms with Crippen molar-refractivity contribution in [2.45, 2.75) is 38.0 Å². The number of hydrogen-bond acceptors (Lipinski definition) is 3. The van der Waals surface area contributed by atoms with Gasteiger partial charge in [0.2, 0.25) is 0 Å². The van der Waals surface area contributed by atoms with Gasteiger partial charge in [-0.1, -0.05) is 54.6 Å². The molecule has 3 rings (SSSR count). The van der Waals surface area contributed by atoms with Crippen LogP contribution in [0.2, 0.25) is 0 Å². The minimum absolute atomic E-state index is 0.0254. The lowest BCUT2D eigenvalue weighted by atomic mass is 9.87. The normalized spacial score (nSPS) is 16.7. The zero-order chi connectivity index (χ0) is 19.9. The van der Waals surface area contributed by atoms with Gasteiger partial charge in [-0.05, 0) is 36.0 Å². The Morgan fingerprint density at radius 2 is 1.89 bits per heavy atom. The van der Waals surface area contributed by atoms with Crippen LogP contribution in [-0.4, -0.2) is 41.7 Å². The maximum Gasteiger partial charge on any atom is 0.407 e. The van der Waals surface area contributed by atoms with Crippen molar-refractivity contribution in [1.29, 1.82) is 0 Å². The standard InChI is InChI=1S/C22H26N2O4/c1-24(22(26)27)14-20(28-15-16-8-3-2-4-9-16)21(25)23-19-13-7-11-17-10-5-6-12-18(17)19/h2-6,8-10,12,19-20H,7,11,13-15H2,1H3,(H,23,25)(H,26,27). The number of hydrogen-bond donors (Lipinski definition) is 2. The fraction of sp³-hybridized carbons (Fsp3) is 0.364. The van der Waals surface area contributed by atoms with E-state index in [2.05, 4.69) is 11.4 Å². The third-order valence-electron chi connectivity index (χ3n) is 5.04. The highest BCUT2D eigenvalue weighted by molar-refractivity contribution is 5.82. The Morgan fingerprint density at radius 1 is 1.18 bits per heavy atom. The molecule has 0 heterocycles. The van der Waals surface area contributed by atoms with Crippen molar-refractivity contribution in [2.24, 2.45) is 0 Å². The van der Waals surface area contributed by atoms with Crippen LogP contribution in [0.4, 0.5) is 4.79 Å². The molecule has 0 aliphatic heterocycles. The van der Waals surface area contributed by atoms with Crippen molar-refractivity contribution in [3.05, 3.63) is 71.3 Å². The highest BCUT2D eigenvalue weighted by Crippen LogP contribution is 2.29. The summed E-state index contributed by atoms with van der Waals surface area (Å²) in [5.74, 6) is -0.286. The maximum atomic E-state index is 12.9. The molecule has 2 atom stereocenters. The monoisotopic (exact) mass is 382 g/mol. The molecule has 2 amide bonds. The second-order valence-corrected chi connectivity index (χ2v) is 7.10. The second kappa shape index (κ2) is 9.37. The number of carbonyl (C=O) groups excluding carboxylic acids is 1. The Morgan fingerprint density at radius 3 is 2.64 bits per heavy atom. The highest BCUT2D eigenvalue weighted by atomic mass is 16.5. The molecule has 0 aromatic heterocycles. The summed E-state index contributed by atoms with van der Waals surface area (Å²) in [6, 6.07) is 17.6. The van der Waals surface area contributed by atoms with Crippen molar-refractivity contribution in [2.75, 3.05) is 13.6 Å². The summed E-state index contributed by atoms with van der Waals surface area (Å²) in [6.07, 6.45) is 0.910. The Labute approximate surface area is 165 Å². The summed E-state index contributed by atoms with van der Waals surface area (Å²) in [6.45, 7) is 0.218. The van der Waals surface area contributed by atoms with E-state index in [9.17, 15) is 14.7 Å². The van der Waals surface area contributed by atoms with Gasteiger partial charge < -0.3 is 20.1 Å². The van der Waals surface area contributed by atoms with E-state index in [0.29, 0.717) is 0 Å². The van der Waals surface area contributed by atoms with E-state index in [0.717, 1.165) is 35.3 Å². The summed E-state index contributed by atoms with van der Waals surface area (Å²) in [5.41, 5.74) is 3.32. The van der Waals surface area contributed by atoms with Crippen LogP contribution in [0.1, 0.15) is 35.6 Å². The molecule has 6 nitrogen and oxygen atoms in total. The molecule has 6 heteroatoms. The maximum absolute atomic E-state index is 12.9. The summed E-state index contributed by atoms with van der Waals surface area (Å²) < 4.78 is 5.82. The van der Waals surface area contributed by atoms with E-state index >= 15 is 0 Å². The van der Waals surface area contributed by atoms with Gasteiger partial charge in [-0.2, -0.15) is 0 Å². The van der Waals surface area contributed by atoms with Gasteiger partial charge in [0.1, 0.15) is 0 Å². The van der Waals surface area contributed by atoms with Gasteiger partial charge in [0.15, 0.2) is 6.10 Å². The molecule has 0 bridgehead atoms. The number of nitrogens with zero attached hydrogens (tertiary/aromatic N) is 1. The molecule has 2 unspecified atom stereocenters. The predicted molar refractivity (Wildman–Crippen MR) is 106 cm³/mol. The molecule has 0 saturated carbocycles. The first-order valence-corrected chi connectivity index (χ1v) is 9.52. The lowest BCUT2D eigenvalue weighted by Gasteiger charge is -2.29. The third kappa shape index (κ3) is 5.10. The number of benzene rings is 2. The molecule has 1 aliphatic rings. The summed E-state index contributed by atoms with van der Waals surface area (Å²) >= 11 is 0. The largest absolute Gasteiger partial charge is 0.465 e. The van der Waals surface area contributed by atoms with Crippen molar-refractivity contribution >= 4 is 12.0 Å². The van der Waals surface area contributed by atoms with Gasteiger partial charge in [-0.25, -0.2) is 4.79 Å². The van der Waals surface area contributed by atoms with Crippen LogP contribution in [0.25, 0.3) is 0 Å². The molecule has 0 fully saturated rings. The van der Waals surface area contributed by atoms with Gasteiger partial charge in [-0.3, -0.25) is 4.79 Å². The number of rotatable bonds is 7. The SMILES string of the molecule is CN(CC(OCc1ccccc1)C(=O)NC1CCCc2ccccc21)C(=O)O. The van der Waals surface area contributed by atoms with Crippen LogP contribution in [-0.2, 0) is 22.6 Å². The van der Waals surface area contributed by atoms with Crippen LogP contribution >= 0.6 is 0 Å². The number of fused-ring (bicyclic) bond motifs is 1. The minimum Gasteiger partial charge on any atom is -0.465 e. The van der Waals surface area contributed by atoms with E-state index in [1.165, 1.54) is 12.6 Å². The average Bonchev–Trinajstić information content (AvgIpc) is 2.71. The molecule has 148 valence electrons. The quantitative estimate of drug-likeness (QED) is 0.769. The lowest BCUT2D eigenvalue weighted by molar-refractivity contribution is -0.135. The van der Waals surface area contributed by atoms with E-state index in [1.54, 1.807) is 0 Å². The topological polar surface area (TPSA) is 78.9 Å². The molecule has 0 radical (unpaired) electrons. The first-order valence-electron chi connectivity index (χ1n) is 9.52. The van der Waals surface area contributed by atoms with E-state index in [-0.39, 0.29) is 25.1 Å². The van der Waals surface area contributed by atoms with Crippen LogP contribution in [0.5, 0.6) is 0 Å². The summed E-state index contributed by atoms with van der Waals surface area (Å²) in [7, 11) is 1.43. The number of likely N-dealkylation sites (N-methyl/N-ethyl adjacent to an activating group) is 1. The van der Waals surface area contributed by atoms with Crippen molar-refractivity contribution in [1.82, 2.24) is 10.2 Å². The van der Waals surface area contributed by atoms with Crippen LogP contribution in [0.15, 0.2) is 54.6 Å². The van der Waals surface area contributed by atoms with Gasteiger partial charge in [0.05, 0.1) is 19.2 Å². The van der Waals surface area contributed by atoms with Gasteiger partial charge in [-0.15, -0.1) is 0 Å². The van der Waals surface area contributed by atoms with Crippen molar-refractivity contribution < 1.29 is 19.4 Å². The average molecular weight is 382 g/mol. The molecule has 2 aromatic rings. The van der Waals surface area contributed by atoms with E-state index in [4.69, 9.17) is 4.74 Å². The second-order valence-electron chi connectivity index (χ2n) is 7.10. The van der Waals surface area contributed by atoms with Crippen LogP contribution < -0.4 is 5.32 Å². The van der Waals surface area contributed by atoms with Crippen LogP contribution in [0, 0.1) is 0 Å². The lowest BCUT2D eigenvalue weighted by Crippen LogP contribution is -2.46. The fourth-order valence-electron chi connectivity index (χ4n) is 3.48.